The number of benzene rings is 1. The fraction of sp³-hybridized carbons (Fsp3) is 0.429. The predicted octanol–water partition coefficient (Wildman–Crippen LogP) is 0.622. The van der Waals surface area contributed by atoms with Crippen molar-refractivity contribution in [3.05, 3.63) is 29.3 Å². The van der Waals surface area contributed by atoms with Crippen LogP contribution in [0.1, 0.15) is 17.5 Å². The lowest BCUT2D eigenvalue weighted by Crippen LogP contribution is -2.32. The Morgan fingerprint density at radius 3 is 2.81 bits per heavy atom. The summed E-state index contributed by atoms with van der Waals surface area (Å²) in [5.41, 5.74) is 1.94. The van der Waals surface area contributed by atoms with Crippen LogP contribution in [-0.2, 0) is 14.9 Å². The van der Waals surface area contributed by atoms with Gasteiger partial charge >= 0.3 is 0 Å². The number of anilines is 1. The Morgan fingerprint density at radius 2 is 2.14 bits per heavy atom. The van der Waals surface area contributed by atoms with Gasteiger partial charge < -0.3 is 9.84 Å². The normalized spacial score (nSPS) is 10.8. The maximum absolute atomic E-state index is 11.9. The maximum atomic E-state index is 11.9. The number of aryl methyl sites for hydroxylation is 1. The lowest BCUT2D eigenvalue weighted by atomic mass is 10.1. The molecule has 0 unspecified atom stereocenters. The number of hydrogen-bond acceptors (Lipinski definition) is 4. The maximum Gasteiger partial charge on any atom is 0.299 e. The summed E-state index contributed by atoms with van der Waals surface area (Å²) >= 11 is 0. The van der Waals surface area contributed by atoms with Gasteiger partial charge in [0, 0.05) is 25.6 Å². The number of ether oxygens (including phenoxy) is 1. The van der Waals surface area contributed by atoms with Gasteiger partial charge in [-0.3, -0.25) is 4.72 Å². The molecule has 0 fully saturated rings. The molecule has 0 amide bonds. The standard InChI is InChI=1S/C14H20N2O4S/c1-12-6-7-14(13(11-12)5-3-4-9-17)16-21(18,19)15-8-10-20-2/h6-7,11,15-17H,4,8-10H2,1-2H3. The first kappa shape index (κ1) is 17.5. The van der Waals surface area contributed by atoms with Crippen molar-refractivity contribution in [3.63, 3.8) is 0 Å². The minimum atomic E-state index is -3.67. The average Bonchev–Trinajstić information content (AvgIpc) is 2.42. The highest BCUT2D eigenvalue weighted by molar-refractivity contribution is 7.90. The van der Waals surface area contributed by atoms with E-state index in [1.807, 2.05) is 6.92 Å². The molecule has 0 aliphatic heterocycles. The molecule has 0 heterocycles. The summed E-state index contributed by atoms with van der Waals surface area (Å²) in [6, 6.07) is 5.25. The molecule has 21 heavy (non-hydrogen) atoms. The largest absolute Gasteiger partial charge is 0.395 e. The zero-order valence-electron chi connectivity index (χ0n) is 12.1. The first-order valence-corrected chi connectivity index (χ1v) is 7.93. The number of hydrogen-bond donors (Lipinski definition) is 3. The lowest BCUT2D eigenvalue weighted by molar-refractivity contribution is 0.204. The van der Waals surface area contributed by atoms with Crippen molar-refractivity contribution in [3.8, 4) is 11.8 Å². The van der Waals surface area contributed by atoms with Gasteiger partial charge in [0.25, 0.3) is 10.2 Å². The summed E-state index contributed by atoms with van der Waals surface area (Å²) in [6.07, 6.45) is 0.340. The first-order valence-electron chi connectivity index (χ1n) is 6.45. The molecular weight excluding hydrogens is 292 g/mol. The molecule has 0 aromatic heterocycles. The number of nitrogens with one attached hydrogen (secondary N) is 2. The molecule has 0 spiro atoms. The van der Waals surface area contributed by atoms with E-state index in [1.54, 1.807) is 18.2 Å². The Hall–Kier alpha value is -1.59. The Bertz CT molecular complexity index is 618. The summed E-state index contributed by atoms with van der Waals surface area (Å²) in [6.45, 7) is 2.34. The molecule has 0 radical (unpaired) electrons. The molecular formula is C14H20N2O4S. The third-order valence-electron chi connectivity index (χ3n) is 2.48. The number of aliphatic hydroxyl groups excluding tert-OH is 1. The monoisotopic (exact) mass is 312 g/mol. The van der Waals surface area contributed by atoms with Crippen LogP contribution in [-0.4, -0.2) is 40.4 Å². The van der Waals surface area contributed by atoms with Gasteiger partial charge in [-0.25, -0.2) is 0 Å². The molecule has 1 aromatic rings. The van der Waals surface area contributed by atoms with Crippen LogP contribution >= 0.6 is 0 Å². The van der Waals surface area contributed by atoms with Crippen molar-refractivity contribution < 1.29 is 18.3 Å². The highest BCUT2D eigenvalue weighted by Gasteiger charge is 2.11. The van der Waals surface area contributed by atoms with Gasteiger partial charge in [-0.1, -0.05) is 17.9 Å². The predicted molar refractivity (Wildman–Crippen MR) is 82.2 cm³/mol. The second kappa shape index (κ2) is 8.64. The van der Waals surface area contributed by atoms with Crippen LogP contribution in [0.25, 0.3) is 0 Å². The van der Waals surface area contributed by atoms with Gasteiger partial charge in [0.05, 0.1) is 18.9 Å². The van der Waals surface area contributed by atoms with Crippen molar-refractivity contribution in [1.82, 2.24) is 4.72 Å². The third-order valence-corrected chi connectivity index (χ3v) is 3.55. The topological polar surface area (TPSA) is 87.7 Å². The van der Waals surface area contributed by atoms with E-state index in [0.29, 0.717) is 17.7 Å². The van der Waals surface area contributed by atoms with E-state index in [2.05, 4.69) is 21.3 Å². The van der Waals surface area contributed by atoms with Crippen molar-refractivity contribution in [2.45, 2.75) is 13.3 Å². The molecule has 6 nitrogen and oxygen atoms in total. The van der Waals surface area contributed by atoms with E-state index in [1.165, 1.54) is 7.11 Å². The van der Waals surface area contributed by atoms with Gasteiger partial charge in [0.1, 0.15) is 0 Å². The Balaban J connectivity index is 2.90. The molecule has 0 bridgehead atoms. The van der Waals surface area contributed by atoms with Gasteiger partial charge in [0.15, 0.2) is 0 Å². The molecule has 1 rings (SSSR count). The summed E-state index contributed by atoms with van der Waals surface area (Å²) in [7, 11) is -2.17. The molecule has 0 saturated carbocycles. The van der Waals surface area contributed by atoms with E-state index in [-0.39, 0.29) is 19.8 Å². The van der Waals surface area contributed by atoms with E-state index in [9.17, 15) is 8.42 Å². The van der Waals surface area contributed by atoms with Crippen LogP contribution in [0.15, 0.2) is 18.2 Å². The lowest BCUT2D eigenvalue weighted by Gasteiger charge is -2.11. The van der Waals surface area contributed by atoms with E-state index in [0.717, 1.165) is 5.56 Å². The van der Waals surface area contributed by atoms with E-state index >= 15 is 0 Å². The molecule has 116 valence electrons. The minimum absolute atomic E-state index is 0.0293. The Labute approximate surface area is 125 Å². The highest BCUT2D eigenvalue weighted by atomic mass is 32.2. The second-order valence-electron chi connectivity index (χ2n) is 4.32. The highest BCUT2D eigenvalue weighted by Crippen LogP contribution is 2.17. The fourth-order valence-corrected chi connectivity index (χ4v) is 2.41. The SMILES string of the molecule is COCCNS(=O)(=O)Nc1ccc(C)cc1C#CCCO. The summed E-state index contributed by atoms with van der Waals surface area (Å²) in [5.74, 6) is 5.64. The minimum Gasteiger partial charge on any atom is -0.395 e. The van der Waals surface area contributed by atoms with Crippen LogP contribution in [0.4, 0.5) is 5.69 Å². The molecule has 7 heteroatoms. The second-order valence-corrected chi connectivity index (χ2v) is 5.82. The van der Waals surface area contributed by atoms with Crippen molar-refractivity contribution in [2.24, 2.45) is 0 Å². The molecule has 0 atom stereocenters. The quantitative estimate of drug-likeness (QED) is 0.509. The van der Waals surface area contributed by atoms with E-state index < -0.39 is 10.2 Å². The van der Waals surface area contributed by atoms with Crippen molar-refractivity contribution in [2.75, 3.05) is 31.6 Å². The summed E-state index contributed by atoms with van der Waals surface area (Å²) in [4.78, 5) is 0. The van der Waals surface area contributed by atoms with Crippen LogP contribution in [0.3, 0.4) is 0 Å². The summed E-state index contributed by atoms with van der Waals surface area (Å²) < 4.78 is 33.3. The zero-order valence-corrected chi connectivity index (χ0v) is 13.0. The number of methoxy groups -OCH3 is 1. The molecule has 0 aliphatic carbocycles. The number of rotatable bonds is 7. The molecule has 0 aliphatic rings. The van der Waals surface area contributed by atoms with Crippen LogP contribution in [0.2, 0.25) is 0 Å². The number of aliphatic hydroxyl groups is 1. The Morgan fingerprint density at radius 1 is 1.38 bits per heavy atom. The van der Waals surface area contributed by atoms with Crippen molar-refractivity contribution >= 4 is 15.9 Å². The van der Waals surface area contributed by atoms with Gasteiger partial charge in [-0.15, -0.1) is 0 Å². The summed E-state index contributed by atoms with van der Waals surface area (Å²) in [5, 5.41) is 8.74. The van der Waals surface area contributed by atoms with Gasteiger partial charge in [0.2, 0.25) is 0 Å². The van der Waals surface area contributed by atoms with Gasteiger partial charge in [-0.05, 0) is 24.6 Å². The van der Waals surface area contributed by atoms with E-state index in [4.69, 9.17) is 9.84 Å². The third kappa shape index (κ3) is 6.60. The first-order chi connectivity index (χ1) is 9.98. The van der Waals surface area contributed by atoms with Crippen LogP contribution < -0.4 is 9.44 Å². The molecule has 3 N–H and O–H groups in total. The fourth-order valence-electron chi connectivity index (χ4n) is 1.52. The van der Waals surface area contributed by atoms with Crippen molar-refractivity contribution in [1.29, 1.82) is 0 Å². The molecule has 1 aromatic carbocycles. The average molecular weight is 312 g/mol. The van der Waals surface area contributed by atoms with Crippen LogP contribution in [0.5, 0.6) is 0 Å². The van der Waals surface area contributed by atoms with Crippen LogP contribution in [0, 0.1) is 18.8 Å². The van der Waals surface area contributed by atoms with Gasteiger partial charge in [-0.2, -0.15) is 13.1 Å². The smallest absolute Gasteiger partial charge is 0.299 e. The zero-order chi connectivity index (χ0) is 15.7. The Kier molecular flexibility index (Phi) is 7.19. The molecule has 0 saturated heterocycles.